The normalized spacial score (nSPS) is 15.5. The summed E-state index contributed by atoms with van der Waals surface area (Å²) in [5.74, 6) is -2.22. The molecule has 220 valence electrons. The number of carboxylic acids is 1. The molecule has 1 aliphatic rings. The Morgan fingerprint density at radius 1 is 1.26 bits per heavy atom. The molecule has 1 aliphatic heterocycles. The van der Waals surface area contributed by atoms with Crippen molar-refractivity contribution in [2.24, 2.45) is 5.73 Å². The molecule has 5 N–H and O–H groups in total. The second-order valence-electron chi connectivity index (χ2n) is 8.34. The van der Waals surface area contributed by atoms with Gasteiger partial charge in [0, 0.05) is 18.7 Å². The Morgan fingerprint density at radius 2 is 1.92 bits per heavy atom. The number of carboxylic acid groups (broad SMARTS) is 1. The van der Waals surface area contributed by atoms with E-state index in [0.717, 1.165) is 24.2 Å². The number of rotatable bonds is 13. The number of alkyl halides is 3. The predicted octanol–water partition coefficient (Wildman–Crippen LogP) is 1.15. The van der Waals surface area contributed by atoms with E-state index in [1.54, 1.807) is 23.8 Å². The molecule has 1 aromatic rings. The highest BCUT2D eigenvalue weighted by atomic mass is 32.2. The standard InChI is InChI=1S/C22H34N4O5S.C2HF3O2/c1-30-19-8-4-3-6-16(19)13-24-14-20(27)25-18(9-11-32-2)22(29)31-15-17-7-5-10-26(17)21(28)12-23;3-2(4,5)1(6)7/h3-4,6,8,17-18,24H,5,7,9-15,23H2,1-2H3,(H,25,27);(H,6,7)/t17-,18?;/m0./s1. The predicted molar refractivity (Wildman–Crippen MR) is 138 cm³/mol. The minimum Gasteiger partial charge on any atom is -0.496 e. The van der Waals surface area contributed by atoms with Crippen LogP contribution in [-0.4, -0.2) is 97.4 Å². The number of benzene rings is 1. The minimum atomic E-state index is -5.08. The molecule has 15 heteroatoms. The summed E-state index contributed by atoms with van der Waals surface area (Å²) in [5.41, 5.74) is 6.40. The monoisotopic (exact) mass is 580 g/mol. The van der Waals surface area contributed by atoms with Gasteiger partial charge in [0.2, 0.25) is 11.8 Å². The summed E-state index contributed by atoms with van der Waals surface area (Å²) in [7, 11) is 1.60. The number of carbonyl (C=O) groups excluding carboxylic acids is 3. The zero-order valence-corrected chi connectivity index (χ0v) is 22.6. The lowest BCUT2D eigenvalue weighted by Gasteiger charge is -2.25. The molecule has 1 aromatic carbocycles. The number of esters is 1. The average molecular weight is 581 g/mol. The van der Waals surface area contributed by atoms with Crippen molar-refractivity contribution in [1.82, 2.24) is 15.5 Å². The number of nitrogens with zero attached hydrogens (tertiary/aromatic N) is 1. The van der Waals surface area contributed by atoms with Crippen molar-refractivity contribution in [1.29, 1.82) is 0 Å². The van der Waals surface area contributed by atoms with Crippen molar-refractivity contribution in [2.75, 3.05) is 45.4 Å². The van der Waals surface area contributed by atoms with Crippen molar-refractivity contribution in [2.45, 2.75) is 44.1 Å². The number of methoxy groups -OCH3 is 1. The van der Waals surface area contributed by atoms with Crippen LogP contribution in [0.4, 0.5) is 13.2 Å². The highest BCUT2D eigenvalue weighted by molar-refractivity contribution is 7.98. The summed E-state index contributed by atoms with van der Waals surface area (Å²) in [4.78, 5) is 47.6. The first-order valence-electron chi connectivity index (χ1n) is 12.0. The summed E-state index contributed by atoms with van der Waals surface area (Å²) in [6, 6.07) is 6.67. The lowest BCUT2D eigenvalue weighted by atomic mass is 10.2. The summed E-state index contributed by atoms with van der Waals surface area (Å²) in [6.45, 7) is 1.20. The largest absolute Gasteiger partial charge is 0.496 e. The van der Waals surface area contributed by atoms with Crippen LogP contribution in [0.2, 0.25) is 0 Å². The van der Waals surface area contributed by atoms with Crippen LogP contribution in [0.15, 0.2) is 24.3 Å². The molecule has 1 unspecified atom stereocenters. The number of aliphatic carboxylic acids is 1. The van der Waals surface area contributed by atoms with E-state index in [-0.39, 0.29) is 37.6 Å². The molecule has 0 radical (unpaired) electrons. The molecular formula is C24H35F3N4O7S. The molecule has 2 amide bonds. The number of nitrogens with one attached hydrogen (secondary N) is 2. The van der Waals surface area contributed by atoms with E-state index in [1.807, 2.05) is 30.5 Å². The van der Waals surface area contributed by atoms with Crippen LogP contribution < -0.4 is 21.1 Å². The van der Waals surface area contributed by atoms with Gasteiger partial charge in [0.05, 0.1) is 26.2 Å². The van der Waals surface area contributed by atoms with E-state index in [2.05, 4.69) is 10.6 Å². The Labute approximate surface area is 228 Å². The highest BCUT2D eigenvalue weighted by Crippen LogP contribution is 2.18. The maximum Gasteiger partial charge on any atom is 0.490 e. The van der Waals surface area contributed by atoms with Gasteiger partial charge >= 0.3 is 18.1 Å². The Kier molecular flexibility index (Phi) is 15.3. The summed E-state index contributed by atoms with van der Waals surface area (Å²) in [6.07, 6.45) is -1.05. The third-order valence-electron chi connectivity index (χ3n) is 5.56. The molecule has 0 spiro atoms. The number of nitrogens with two attached hydrogens (primary N) is 1. The van der Waals surface area contributed by atoms with Gasteiger partial charge < -0.3 is 35.8 Å². The second-order valence-corrected chi connectivity index (χ2v) is 9.32. The summed E-state index contributed by atoms with van der Waals surface area (Å²) in [5, 5.41) is 13.0. The van der Waals surface area contributed by atoms with Gasteiger partial charge in [-0.3, -0.25) is 9.59 Å². The average Bonchev–Trinajstić information content (AvgIpc) is 3.38. The number of thioether (sulfide) groups is 1. The Morgan fingerprint density at radius 3 is 2.51 bits per heavy atom. The van der Waals surface area contributed by atoms with Crippen molar-refractivity contribution in [3.05, 3.63) is 29.8 Å². The first-order valence-corrected chi connectivity index (χ1v) is 13.4. The molecule has 39 heavy (non-hydrogen) atoms. The fourth-order valence-electron chi connectivity index (χ4n) is 3.62. The number of halogens is 3. The molecule has 2 rings (SSSR count). The van der Waals surface area contributed by atoms with Gasteiger partial charge in [-0.2, -0.15) is 24.9 Å². The summed E-state index contributed by atoms with van der Waals surface area (Å²) >= 11 is 1.59. The van der Waals surface area contributed by atoms with Crippen LogP contribution in [0.25, 0.3) is 0 Å². The quantitative estimate of drug-likeness (QED) is 0.249. The number of ether oxygens (including phenoxy) is 2. The van der Waals surface area contributed by atoms with Gasteiger partial charge in [-0.05, 0) is 37.3 Å². The van der Waals surface area contributed by atoms with Crippen molar-refractivity contribution >= 4 is 35.5 Å². The van der Waals surface area contributed by atoms with Gasteiger partial charge in [0.1, 0.15) is 18.4 Å². The number of hydrogen-bond donors (Lipinski definition) is 4. The molecule has 1 fully saturated rings. The van der Waals surface area contributed by atoms with Gasteiger partial charge in [-0.1, -0.05) is 18.2 Å². The zero-order chi connectivity index (χ0) is 29.4. The molecule has 2 atom stereocenters. The smallest absolute Gasteiger partial charge is 0.490 e. The highest BCUT2D eigenvalue weighted by Gasteiger charge is 2.38. The molecule has 0 aromatic heterocycles. The minimum absolute atomic E-state index is 0.0568. The fourth-order valence-corrected chi connectivity index (χ4v) is 4.09. The van der Waals surface area contributed by atoms with Crippen LogP contribution >= 0.6 is 11.8 Å². The second kappa shape index (κ2) is 17.5. The van der Waals surface area contributed by atoms with E-state index in [0.29, 0.717) is 25.3 Å². The number of hydrogen-bond acceptors (Lipinski definition) is 9. The van der Waals surface area contributed by atoms with E-state index in [9.17, 15) is 27.6 Å². The van der Waals surface area contributed by atoms with Crippen molar-refractivity contribution in [3.8, 4) is 5.75 Å². The number of carbonyl (C=O) groups is 4. The molecule has 0 bridgehead atoms. The molecule has 11 nitrogen and oxygen atoms in total. The van der Waals surface area contributed by atoms with Crippen LogP contribution in [0.5, 0.6) is 5.75 Å². The lowest BCUT2D eigenvalue weighted by Crippen LogP contribution is -2.47. The van der Waals surface area contributed by atoms with Gasteiger partial charge in [0.25, 0.3) is 0 Å². The van der Waals surface area contributed by atoms with E-state index in [1.165, 1.54) is 0 Å². The number of likely N-dealkylation sites (tertiary alicyclic amines) is 1. The third kappa shape index (κ3) is 12.6. The Hall–Kier alpha value is -3.04. The van der Waals surface area contributed by atoms with Gasteiger partial charge in [0.15, 0.2) is 0 Å². The Bertz CT molecular complexity index is 953. The topological polar surface area (TPSA) is 160 Å². The summed E-state index contributed by atoms with van der Waals surface area (Å²) < 4.78 is 42.5. The SMILES string of the molecule is COc1ccccc1CNCC(=O)NC(CCSC)C(=O)OC[C@@H]1CCCN1C(=O)CN.O=C(O)C(F)(F)F. The first kappa shape index (κ1) is 34.0. The number of para-hydroxylation sites is 1. The van der Waals surface area contributed by atoms with E-state index < -0.39 is 24.2 Å². The molecule has 1 saturated heterocycles. The van der Waals surface area contributed by atoms with Crippen molar-refractivity contribution in [3.63, 3.8) is 0 Å². The molecule has 0 aliphatic carbocycles. The lowest BCUT2D eigenvalue weighted by molar-refractivity contribution is -0.192. The van der Waals surface area contributed by atoms with E-state index >= 15 is 0 Å². The molecule has 1 heterocycles. The zero-order valence-electron chi connectivity index (χ0n) is 21.8. The fraction of sp³-hybridized carbons (Fsp3) is 0.583. The third-order valence-corrected chi connectivity index (χ3v) is 6.20. The maximum atomic E-state index is 12.7. The van der Waals surface area contributed by atoms with Crippen LogP contribution in [0.3, 0.4) is 0 Å². The van der Waals surface area contributed by atoms with E-state index in [4.69, 9.17) is 25.1 Å². The van der Waals surface area contributed by atoms with Crippen LogP contribution in [0.1, 0.15) is 24.8 Å². The van der Waals surface area contributed by atoms with Crippen molar-refractivity contribution < 1.29 is 46.9 Å². The van der Waals surface area contributed by atoms with Gasteiger partial charge in [-0.25, -0.2) is 9.59 Å². The first-order chi connectivity index (χ1) is 18.4. The molecular weight excluding hydrogens is 545 g/mol. The van der Waals surface area contributed by atoms with Crippen LogP contribution in [0, 0.1) is 0 Å². The number of amides is 2. The molecule has 0 saturated carbocycles. The van der Waals surface area contributed by atoms with Gasteiger partial charge in [-0.15, -0.1) is 0 Å². The van der Waals surface area contributed by atoms with Crippen LogP contribution in [-0.2, 0) is 30.5 Å². The Balaban J connectivity index is 0.000000956. The maximum absolute atomic E-state index is 12.7.